The summed E-state index contributed by atoms with van der Waals surface area (Å²) in [5.74, 6) is 0.0185. The van der Waals surface area contributed by atoms with E-state index in [2.05, 4.69) is 0 Å². The highest BCUT2D eigenvalue weighted by Gasteiger charge is 2.31. The molecule has 0 spiro atoms. The fraction of sp³-hybridized carbons (Fsp3) is 0.857. The minimum absolute atomic E-state index is 0.0162. The standard InChI is InChI=1S/C7H12O3/c1-5-6(4-8)3-7(9-2)10-5/h4-7H,3H2,1-2H3/t5-,6+,7+/m1/s1. The van der Waals surface area contributed by atoms with E-state index in [0.717, 1.165) is 6.29 Å². The molecule has 0 unspecified atom stereocenters. The Morgan fingerprint density at radius 3 is 2.70 bits per heavy atom. The van der Waals surface area contributed by atoms with Gasteiger partial charge in [0.2, 0.25) is 0 Å². The van der Waals surface area contributed by atoms with Gasteiger partial charge >= 0.3 is 0 Å². The average molecular weight is 144 g/mol. The third kappa shape index (κ3) is 1.36. The maximum absolute atomic E-state index is 10.3. The van der Waals surface area contributed by atoms with Gasteiger partial charge < -0.3 is 14.3 Å². The summed E-state index contributed by atoms with van der Waals surface area (Å²) in [4.78, 5) is 10.3. The highest BCUT2D eigenvalue weighted by molar-refractivity contribution is 5.54. The van der Waals surface area contributed by atoms with Crippen LogP contribution in [-0.4, -0.2) is 25.8 Å². The van der Waals surface area contributed by atoms with Crippen molar-refractivity contribution >= 4 is 6.29 Å². The van der Waals surface area contributed by atoms with Gasteiger partial charge in [-0.1, -0.05) is 0 Å². The lowest BCUT2D eigenvalue weighted by Crippen LogP contribution is -2.12. The van der Waals surface area contributed by atoms with Gasteiger partial charge in [-0.25, -0.2) is 0 Å². The first kappa shape index (κ1) is 7.69. The molecule has 0 amide bonds. The Hall–Kier alpha value is -0.410. The summed E-state index contributed by atoms with van der Waals surface area (Å²) in [5, 5.41) is 0. The van der Waals surface area contributed by atoms with E-state index in [4.69, 9.17) is 9.47 Å². The first-order valence-corrected chi connectivity index (χ1v) is 3.41. The molecule has 58 valence electrons. The zero-order valence-corrected chi connectivity index (χ0v) is 6.24. The molecule has 3 nitrogen and oxygen atoms in total. The third-order valence-electron chi connectivity index (χ3n) is 1.87. The van der Waals surface area contributed by atoms with Gasteiger partial charge in [0.05, 0.1) is 6.10 Å². The van der Waals surface area contributed by atoms with Gasteiger partial charge in [-0.15, -0.1) is 0 Å². The Morgan fingerprint density at radius 2 is 2.40 bits per heavy atom. The topological polar surface area (TPSA) is 35.5 Å². The molecule has 3 heteroatoms. The third-order valence-corrected chi connectivity index (χ3v) is 1.87. The van der Waals surface area contributed by atoms with E-state index in [9.17, 15) is 4.79 Å². The summed E-state index contributed by atoms with van der Waals surface area (Å²) in [5.41, 5.74) is 0. The zero-order valence-electron chi connectivity index (χ0n) is 6.24. The summed E-state index contributed by atoms with van der Waals surface area (Å²) < 4.78 is 10.2. The monoisotopic (exact) mass is 144 g/mol. The number of rotatable bonds is 2. The molecule has 1 fully saturated rings. The van der Waals surface area contributed by atoms with Crippen LogP contribution in [0.5, 0.6) is 0 Å². The molecule has 0 bridgehead atoms. The summed E-state index contributed by atoms with van der Waals surface area (Å²) >= 11 is 0. The molecular formula is C7H12O3. The van der Waals surface area contributed by atoms with Crippen molar-refractivity contribution in [2.45, 2.75) is 25.7 Å². The first-order chi connectivity index (χ1) is 4.77. The molecule has 1 aliphatic rings. The van der Waals surface area contributed by atoms with Gasteiger partial charge in [-0.2, -0.15) is 0 Å². The molecule has 0 aliphatic carbocycles. The molecular weight excluding hydrogens is 132 g/mol. The maximum atomic E-state index is 10.3. The minimum atomic E-state index is -0.176. The fourth-order valence-electron chi connectivity index (χ4n) is 1.13. The Kier molecular flexibility index (Phi) is 2.40. The van der Waals surface area contributed by atoms with Gasteiger partial charge in [0.1, 0.15) is 6.29 Å². The zero-order chi connectivity index (χ0) is 7.56. The van der Waals surface area contributed by atoms with Crippen LogP contribution in [0.15, 0.2) is 0 Å². The minimum Gasteiger partial charge on any atom is -0.356 e. The number of methoxy groups -OCH3 is 1. The van der Waals surface area contributed by atoms with Crippen molar-refractivity contribution in [3.05, 3.63) is 0 Å². The molecule has 1 aliphatic heterocycles. The van der Waals surface area contributed by atoms with Crippen LogP contribution in [0.3, 0.4) is 0 Å². The molecule has 1 rings (SSSR count). The second-order valence-electron chi connectivity index (χ2n) is 2.54. The summed E-state index contributed by atoms with van der Waals surface area (Å²) in [6.45, 7) is 1.89. The number of hydrogen-bond donors (Lipinski definition) is 0. The molecule has 1 saturated heterocycles. The Labute approximate surface area is 60.3 Å². The van der Waals surface area contributed by atoms with E-state index in [0.29, 0.717) is 6.42 Å². The average Bonchev–Trinajstić information content (AvgIpc) is 2.30. The SMILES string of the molecule is CO[C@@H]1C[C@@H](C=O)[C@@H](C)O1. The lowest BCUT2D eigenvalue weighted by Gasteiger charge is -2.06. The van der Waals surface area contributed by atoms with Gasteiger partial charge in [0.15, 0.2) is 6.29 Å². The summed E-state index contributed by atoms with van der Waals surface area (Å²) in [7, 11) is 1.59. The predicted molar refractivity (Wildman–Crippen MR) is 35.5 cm³/mol. The maximum Gasteiger partial charge on any atom is 0.158 e. The Bertz CT molecular complexity index is 124. The number of aldehydes is 1. The highest BCUT2D eigenvalue weighted by Crippen LogP contribution is 2.24. The number of carbonyl (C=O) groups is 1. The van der Waals surface area contributed by atoms with E-state index in [1.54, 1.807) is 7.11 Å². The molecule has 0 aromatic rings. The Balaban J connectivity index is 2.43. The van der Waals surface area contributed by atoms with Crippen molar-refractivity contribution < 1.29 is 14.3 Å². The molecule has 10 heavy (non-hydrogen) atoms. The second kappa shape index (κ2) is 3.12. The van der Waals surface area contributed by atoms with Crippen molar-refractivity contribution in [3.63, 3.8) is 0 Å². The van der Waals surface area contributed by atoms with Crippen molar-refractivity contribution in [1.82, 2.24) is 0 Å². The van der Waals surface area contributed by atoms with Crippen LogP contribution < -0.4 is 0 Å². The van der Waals surface area contributed by atoms with Crippen LogP contribution >= 0.6 is 0 Å². The fourth-order valence-corrected chi connectivity index (χ4v) is 1.13. The van der Waals surface area contributed by atoms with Gasteiger partial charge in [-0.3, -0.25) is 0 Å². The van der Waals surface area contributed by atoms with Crippen molar-refractivity contribution in [2.75, 3.05) is 7.11 Å². The smallest absolute Gasteiger partial charge is 0.158 e. The van der Waals surface area contributed by atoms with E-state index in [1.807, 2.05) is 6.92 Å². The Morgan fingerprint density at radius 1 is 1.70 bits per heavy atom. The van der Waals surface area contributed by atoms with Crippen LogP contribution in [0.1, 0.15) is 13.3 Å². The van der Waals surface area contributed by atoms with E-state index >= 15 is 0 Å². The first-order valence-electron chi connectivity index (χ1n) is 3.41. The van der Waals surface area contributed by atoms with Crippen LogP contribution in [0.4, 0.5) is 0 Å². The number of ether oxygens (including phenoxy) is 2. The van der Waals surface area contributed by atoms with Gasteiger partial charge in [-0.05, 0) is 6.92 Å². The second-order valence-corrected chi connectivity index (χ2v) is 2.54. The molecule has 0 radical (unpaired) electrons. The van der Waals surface area contributed by atoms with E-state index < -0.39 is 0 Å². The largest absolute Gasteiger partial charge is 0.356 e. The quantitative estimate of drug-likeness (QED) is 0.532. The summed E-state index contributed by atoms with van der Waals surface area (Å²) in [6, 6.07) is 0. The lowest BCUT2D eigenvalue weighted by molar-refractivity contribution is -0.116. The van der Waals surface area contributed by atoms with Crippen molar-refractivity contribution in [2.24, 2.45) is 5.92 Å². The lowest BCUT2D eigenvalue weighted by atomic mass is 10.1. The van der Waals surface area contributed by atoms with E-state index in [-0.39, 0.29) is 18.3 Å². The molecule has 0 aromatic heterocycles. The molecule has 0 N–H and O–H groups in total. The molecule has 0 aromatic carbocycles. The molecule has 0 saturated carbocycles. The van der Waals surface area contributed by atoms with Crippen molar-refractivity contribution in [3.8, 4) is 0 Å². The molecule has 3 atom stereocenters. The summed E-state index contributed by atoms with van der Waals surface area (Å²) in [6.07, 6.45) is 1.47. The number of carbonyl (C=O) groups excluding carboxylic acids is 1. The van der Waals surface area contributed by atoms with Gasteiger partial charge in [0.25, 0.3) is 0 Å². The van der Waals surface area contributed by atoms with Crippen molar-refractivity contribution in [1.29, 1.82) is 0 Å². The van der Waals surface area contributed by atoms with Crippen LogP contribution in [0.2, 0.25) is 0 Å². The number of hydrogen-bond acceptors (Lipinski definition) is 3. The highest BCUT2D eigenvalue weighted by atomic mass is 16.7. The normalized spacial score (nSPS) is 40.0. The van der Waals surface area contributed by atoms with Crippen LogP contribution in [-0.2, 0) is 14.3 Å². The van der Waals surface area contributed by atoms with Gasteiger partial charge in [0, 0.05) is 19.4 Å². The van der Waals surface area contributed by atoms with E-state index in [1.165, 1.54) is 0 Å². The molecule has 1 heterocycles. The van der Waals surface area contributed by atoms with Crippen LogP contribution in [0.25, 0.3) is 0 Å². The van der Waals surface area contributed by atoms with Crippen LogP contribution in [0, 0.1) is 5.92 Å². The predicted octanol–water partition coefficient (Wildman–Crippen LogP) is 0.583.